The smallest absolute Gasteiger partial charge is 0.251 e. The molecule has 4 aliphatic carbocycles. The Morgan fingerprint density at radius 3 is 2.23 bits per heavy atom. The first kappa shape index (κ1) is 23.9. The molecule has 2 nitrogen and oxygen atoms in total. The van der Waals surface area contributed by atoms with Gasteiger partial charge < -0.3 is 10.2 Å². The van der Waals surface area contributed by atoms with Gasteiger partial charge in [-0.2, -0.15) is 0 Å². The Kier molecular flexibility index (Phi) is 5.70. The fraction of sp³-hybridized carbons (Fsp3) is 1.00. The van der Waals surface area contributed by atoms with Gasteiger partial charge in [-0.3, -0.25) is 0 Å². The van der Waals surface area contributed by atoms with Crippen molar-refractivity contribution in [1.82, 2.24) is 0 Å². The molecule has 4 heteroatoms. The molecular weight excluding hydrogens is 394 g/mol. The summed E-state index contributed by atoms with van der Waals surface area (Å²) in [7, 11) is 0. The zero-order valence-electron chi connectivity index (χ0n) is 20.7. The van der Waals surface area contributed by atoms with Gasteiger partial charge in [-0.1, -0.05) is 20.8 Å². The highest BCUT2D eigenvalue weighted by Gasteiger charge is 2.67. The van der Waals surface area contributed by atoms with Crippen molar-refractivity contribution in [3.63, 3.8) is 0 Å². The summed E-state index contributed by atoms with van der Waals surface area (Å²) in [5.74, 6) is -1.38. The van der Waals surface area contributed by atoms with Crippen molar-refractivity contribution >= 4 is 0 Å². The normalized spacial score (nSPS) is 50.3. The Labute approximate surface area is 188 Å². The molecule has 0 aliphatic heterocycles. The van der Waals surface area contributed by atoms with Crippen molar-refractivity contribution in [3.8, 4) is 0 Å². The van der Waals surface area contributed by atoms with E-state index >= 15 is 8.78 Å². The van der Waals surface area contributed by atoms with Crippen molar-refractivity contribution in [1.29, 1.82) is 0 Å². The van der Waals surface area contributed by atoms with Crippen molar-refractivity contribution in [2.45, 2.75) is 123 Å². The van der Waals surface area contributed by atoms with Gasteiger partial charge in [-0.25, -0.2) is 8.78 Å². The van der Waals surface area contributed by atoms with Crippen LogP contribution < -0.4 is 0 Å². The number of aliphatic hydroxyl groups is 2. The van der Waals surface area contributed by atoms with Crippen molar-refractivity contribution in [2.24, 2.45) is 46.3 Å². The van der Waals surface area contributed by atoms with Gasteiger partial charge in [0, 0.05) is 12.3 Å². The van der Waals surface area contributed by atoms with E-state index in [1.54, 1.807) is 6.92 Å². The molecule has 9 unspecified atom stereocenters. The highest BCUT2D eigenvalue weighted by Crippen LogP contribution is 2.71. The summed E-state index contributed by atoms with van der Waals surface area (Å²) < 4.78 is 31.3. The van der Waals surface area contributed by atoms with Crippen LogP contribution in [0, 0.1) is 46.3 Å². The molecule has 0 amide bonds. The highest BCUT2D eigenvalue weighted by molar-refractivity contribution is 5.14. The Morgan fingerprint density at radius 1 is 0.935 bits per heavy atom. The van der Waals surface area contributed by atoms with E-state index in [2.05, 4.69) is 20.8 Å². The molecule has 31 heavy (non-hydrogen) atoms. The zero-order valence-corrected chi connectivity index (χ0v) is 20.7. The van der Waals surface area contributed by atoms with Crippen molar-refractivity contribution in [3.05, 3.63) is 0 Å². The lowest BCUT2D eigenvalue weighted by atomic mass is 9.43. The predicted octanol–water partition coefficient (Wildman–Crippen LogP) is 6.83. The van der Waals surface area contributed by atoms with Gasteiger partial charge in [0.1, 0.15) is 0 Å². The van der Waals surface area contributed by atoms with E-state index in [0.717, 1.165) is 44.9 Å². The molecule has 0 aromatic carbocycles. The van der Waals surface area contributed by atoms with Gasteiger partial charge in [0.2, 0.25) is 0 Å². The van der Waals surface area contributed by atoms with E-state index in [1.165, 1.54) is 0 Å². The van der Waals surface area contributed by atoms with Gasteiger partial charge in [-0.05, 0) is 119 Å². The van der Waals surface area contributed by atoms with Crippen LogP contribution in [-0.2, 0) is 0 Å². The fourth-order valence-corrected chi connectivity index (χ4v) is 9.17. The Bertz CT molecular complexity index is 683. The SMILES string of the molecule is CC(CCC(C)(C)O)C1CCC2C3CC(F)(F)C4CC(C)(O)CCC4(C)C3CCC12C. The average Bonchev–Trinajstić information content (AvgIpc) is 2.98. The third kappa shape index (κ3) is 4.00. The minimum Gasteiger partial charge on any atom is -0.390 e. The number of hydrogen-bond donors (Lipinski definition) is 2. The first-order valence-corrected chi connectivity index (χ1v) is 12.9. The summed E-state index contributed by atoms with van der Waals surface area (Å²) in [6, 6.07) is 0. The summed E-state index contributed by atoms with van der Waals surface area (Å²) in [4.78, 5) is 0. The van der Waals surface area contributed by atoms with Gasteiger partial charge in [0.25, 0.3) is 5.92 Å². The van der Waals surface area contributed by atoms with Crippen LogP contribution in [0.4, 0.5) is 8.78 Å². The van der Waals surface area contributed by atoms with Crippen molar-refractivity contribution < 1.29 is 19.0 Å². The van der Waals surface area contributed by atoms with Crippen LogP contribution in [0.25, 0.3) is 0 Å². The molecule has 2 N–H and O–H groups in total. The van der Waals surface area contributed by atoms with Crippen LogP contribution in [0.1, 0.15) is 106 Å². The third-order valence-corrected chi connectivity index (χ3v) is 10.9. The number of rotatable bonds is 4. The maximum Gasteiger partial charge on any atom is 0.251 e. The standard InChI is InChI=1S/C27H46F2O2/c1-17(9-11-23(2,3)30)19-7-8-20-18-15-27(28,29)22-16-24(4,31)13-14-26(22,6)21(18)10-12-25(19,20)5/h17-22,30-31H,7-16H2,1-6H3. The van der Waals surface area contributed by atoms with E-state index in [9.17, 15) is 10.2 Å². The first-order chi connectivity index (χ1) is 14.1. The van der Waals surface area contributed by atoms with Gasteiger partial charge >= 0.3 is 0 Å². The highest BCUT2D eigenvalue weighted by atomic mass is 19.3. The van der Waals surface area contributed by atoms with Crippen LogP contribution in [0.3, 0.4) is 0 Å². The Morgan fingerprint density at radius 2 is 1.58 bits per heavy atom. The van der Waals surface area contributed by atoms with E-state index in [0.29, 0.717) is 30.1 Å². The molecule has 0 radical (unpaired) electrons. The molecular formula is C27H46F2O2. The van der Waals surface area contributed by atoms with E-state index in [-0.39, 0.29) is 29.6 Å². The fourth-order valence-electron chi connectivity index (χ4n) is 9.17. The number of hydrogen-bond acceptors (Lipinski definition) is 2. The monoisotopic (exact) mass is 440 g/mol. The van der Waals surface area contributed by atoms with Crippen molar-refractivity contribution in [2.75, 3.05) is 0 Å². The summed E-state index contributed by atoms with van der Waals surface area (Å²) in [5.41, 5.74) is -1.78. The molecule has 4 fully saturated rings. The van der Waals surface area contributed by atoms with E-state index in [4.69, 9.17) is 0 Å². The minimum absolute atomic E-state index is 0.0268. The lowest BCUT2D eigenvalue weighted by molar-refractivity contribution is -0.245. The lowest BCUT2D eigenvalue weighted by Gasteiger charge is -2.63. The maximum absolute atomic E-state index is 15.7. The van der Waals surface area contributed by atoms with Crippen LogP contribution in [0.15, 0.2) is 0 Å². The molecule has 9 atom stereocenters. The summed E-state index contributed by atoms with van der Waals surface area (Å²) in [6.07, 6.45) is 7.93. The molecule has 0 bridgehead atoms. The zero-order chi connectivity index (χ0) is 23.0. The van der Waals surface area contributed by atoms with E-state index in [1.807, 2.05) is 13.8 Å². The number of alkyl halides is 2. The topological polar surface area (TPSA) is 40.5 Å². The molecule has 4 aliphatic rings. The number of fused-ring (bicyclic) bond motifs is 5. The molecule has 0 spiro atoms. The van der Waals surface area contributed by atoms with Gasteiger partial charge in [-0.15, -0.1) is 0 Å². The molecule has 0 aromatic rings. The average molecular weight is 441 g/mol. The van der Waals surface area contributed by atoms with Crippen LogP contribution in [-0.4, -0.2) is 27.3 Å². The second-order valence-corrected chi connectivity index (χ2v) is 13.7. The molecule has 4 saturated carbocycles. The van der Waals surface area contributed by atoms with Gasteiger partial charge in [0.05, 0.1) is 11.2 Å². The van der Waals surface area contributed by atoms with E-state index < -0.39 is 23.0 Å². The quantitative estimate of drug-likeness (QED) is 0.503. The third-order valence-electron chi connectivity index (χ3n) is 10.9. The molecule has 180 valence electrons. The summed E-state index contributed by atoms with van der Waals surface area (Å²) in [5, 5.41) is 20.8. The second kappa shape index (κ2) is 7.39. The minimum atomic E-state index is -2.68. The van der Waals surface area contributed by atoms with Crippen LogP contribution in [0.2, 0.25) is 0 Å². The maximum atomic E-state index is 15.7. The predicted molar refractivity (Wildman–Crippen MR) is 121 cm³/mol. The summed E-state index contributed by atoms with van der Waals surface area (Å²) in [6.45, 7) is 12.4. The first-order valence-electron chi connectivity index (χ1n) is 12.9. The largest absolute Gasteiger partial charge is 0.390 e. The molecule has 0 heterocycles. The lowest BCUT2D eigenvalue weighted by Crippen LogP contribution is -2.61. The Hall–Kier alpha value is -0.220. The second-order valence-electron chi connectivity index (χ2n) is 13.7. The van der Waals surface area contributed by atoms with Crippen LogP contribution in [0.5, 0.6) is 0 Å². The van der Waals surface area contributed by atoms with Gasteiger partial charge in [0.15, 0.2) is 0 Å². The summed E-state index contributed by atoms with van der Waals surface area (Å²) >= 11 is 0. The molecule has 4 rings (SSSR count). The number of halogens is 2. The molecule has 0 aromatic heterocycles. The van der Waals surface area contributed by atoms with Crippen LogP contribution >= 0.6 is 0 Å². The Balaban J connectivity index is 1.57. The molecule has 0 saturated heterocycles.